The number of hydrogen-bond donors (Lipinski definition) is 0. The van der Waals surface area contributed by atoms with E-state index >= 15 is 0 Å². The highest BCUT2D eigenvalue weighted by molar-refractivity contribution is 7.91. The van der Waals surface area contributed by atoms with E-state index in [0.29, 0.717) is 24.6 Å². The van der Waals surface area contributed by atoms with Gasteiger partial charge in [0.2, 0.25) is 10.0 Å². The van der Waals surface area contributed by atoms with E-state index < -0.39 is 19.9 Å². The fourth-order valence-electron chi connectivity index (χ4n) is 3.60. The molecule has 2 aromatic carbocycles. The van der Waals surface area contributed by atoms with Crippen LogP contribution in [0, 0.1) is 0 Å². The second kappa shape index (κ2) is 7.74. The smallest absolute Gasteiger partial charge is 0.245 e. The highest BCUT2D eigenvalue weighted by Gasteiger charge is 2.30. The van der Waals surface area contributed by atoms with Crippen molar-refractivity contribution in [1.82, 2.24) is 19.1 Å². The lowest BCUT2D eigenvalue weighted by molar-refractivity contribution is 0.455. The lowest BCUT2D eigenvalue weighted by Gasteiger charge is -2.24. The van der Waals surface area contributed by atoms with Gasteiger partial charge in [0.05, 0.1) is 17.1 Å². The molecule has 2 heterocycles. The average molecular weight is 462 g/mol. The first-order valence-electron chi connectivity index (χ1n) is 9.52. The van der Waals surface area contributed by atoms with Gasteiger partial charge in [0.15, 0.2) is 15.7 Å². The maximum atomic E-state index is 13.5. The Hall–Kier alpha value is -2.76. The summed E-state index contributed by atoms with van der Waals surface area (Å²) in [4.78, 5) is 5.93. The first-order chi connectivity index (χ1) is 14.6. The van der Waals surface area contributed by atoms with Gasteiger partial charge in [-0.1, -0.05) is 24.3 Å². The van der Waals surface area contributed by atoms with Crippen molar-refractivity contribution in [3.8, 4) is 0 Å². The van der Waals surface area contributed by atoms with Crippen molar-refractivity contribution in [2.24, 2.45) is 7.05 Å². The van der Waals surface area contributed by atoms with E-state index in [1.54, 1.807) is 13.1 Å². The number of aryl methyl sites for hydroxylation is 1. The summed E-state index contributed by atoms with van der Waals surface area (Å²) in [6, 6.07) is 12.2. The Bertz CT molecular complexity index is 1320. The molecule has 0 unspecified atom stereocenters. The molecule has 0 amide bonds. The van der Waals surface area contributed by atoms with Crippen LogP contribution < -0.4 is 4.90 Å². The first-order valence-corrected chi connectivity index (χ1v) is 12.9. The Labute approximate surface area is 181 Å². The van der Waals surface area contributed by atoms with Crippen molar-refractivity contribution in [2.45, 2.75) is 29.4 Å². The lowest BCUT2D eigenvalue weighted by Crippen LogP contribution is -2.29. The van der Waals surface area contributed by atoms with E-state index in [1.165, 1.54) is 30.2 Å². The summed E-state index contributed by atoms with van der Waals surface area (Å²) in [7, 11) is -4.49. The van der Waals surface area contributed by atoms with Gasteiger partial charge in [-0.2, -0.15) is 9.40 Å². The van der Waals surface area contributed by atoms with Gasteiger partial charge < -0.3 is 4.90 Å². The second-order valence-electron chi connectivity index (χ2n) is 7.62. The zero-order valence-corrected chi connectivity index (χ0v) is 19.1. The van der Waals surface area contributed by atoms with Crippen LogP contribution in [0.5, 0.6) is 0 Å². The molecular formula is C20H23N5O4S2. The van der Waals surface area contributed by atoms with Gasteiger partial charge in [-0.05, 0) is 29.3 Å². The minimum Gasteiger partial charge on any atom is -0.362 e. The summed E-state index contributed by atoms with van der Waals surface area (Å²) >= 11 is 0. The van der Waals surface area contributed by atoms with E-state index in [9.17, 15) is 16.8 Å². The van der Waals surface area contributed by atoms with E-state index in [4.69, 9.17) is 0 Å². The molecule has 4 rings (SSSR count). The molecule has 1 aromatic heterocycles. The van der Waals surface area contributed by atoms with Crippen molar-refractivity contribution in [2.75, 3.05) is 18.2 Å². The standard InChI is InChI=1S/C20H23N5O4S2/c1-23-14-21-20(22-23)13-24(2)31(28,29)19-10-17(30(3,26)27)8-9-18(19)25-11-15-6-4-5-7-16(15)12-25/h4-10,14H,11-13H2,1-3H3. The van der Waals surface area contributed by atoms with Crippen molar-refractivity contribution in [3.63, 3.8) is 0 Å². The number of anilines is 1. The molecule has 0 N–H and O–H groups in total. The molecule has 0 radical (unpaired) electrons. The van der Waals surface area contributed by atoms with Gasteiger partial charge in [0, 0.05) is 33.4 Å². The number of hydrogen-bond acceptors (Lipinski definition) is 7. The molecule has 0 saturated carbocycles. The minimum atomic E-state index is -4.03. The van der Waals surface area contributed by atoms with Crippen LogP contribution in [0.2, 0.25) is 0 Å². The average Bonchev–Trinajstić information content (AvgIpc) is 3.32. The zero-order valence-electron chi connectivity index (χ0n) is 17.4. The lowest BCUT2D eigenvalue weighted by atomic mass is 10.1. The number of nitrogens with zero attached hydrogens (tertiary/aromatic N) is 5. The number of rotatable bonds is 6. The van der Waals surface area contributed by atoms with Gasteiger partial charge in [-0.3, -0.25) is 4.68 Å². The molecule has 0 saturated heterocycles. The molecule has 1 aliphatic rings. The highest BCUT2D eigenvalue weighted by atomic mass is 32.2. The Morgan fingerprint density at radius 1 is 1.03 bits per heavy atom. The summed E-state index contributed by atoms with van der Waals surface area (Å²) in [5.74, 6) is 0.350. The van der Waals surface area contributed by atoms with Crippen LogP contribution in [0.4, 0.5) is 5.69 Å². The fourth-order valence-corrected chi connectivity index (χ4v) is 5.69. The quantitative estimate of drug-likeness (QED) is 0.548. The van der Waals surface area contributed by atoms with E-state index in [1.807, 2.05) is 29.2 Å². The molecule has 164 valence electrons. The molecule has 0 atom stereocenters. The molecule has 9 nitrogen and oxygen atoms in total. The summed E-state index contributed by atoms with van der Waals surface area (Å²) in [5, 5.41) is 4.13. The van der Waals surface area contributed by atoms with E-state index in [0.717, 1.165) is 21.7 Å². The molecule has 0 bridgehead atoms. The SMILES string of the molecule is CN(Cc1ncn(C)n1)S(=O)(=O)c1cc(S(C)(=O)=O)ccc1N1Cc2ccccc2C1. The monoisotopic (exact) mass is 461 g/mol. The summed E-state index contributed by atoms with van der Waals surface area (Å²) < 4.78 is 53.9. The number of fused-ring (bicyclic) bond motifs is 1. The molecule has 1 aliphatic heterocycles. The van der Waals surface area contributed by atoms with Gasteiger partial charge in [0.1, 0.15) is 11.2 Å². The molecule has 31 heavy (non-hydrogen) atoms. The number of sulfone groups is 1. The predicted molar refractivity (Wildman–Crippen MR) is 116 cm³/mol. The van der Waals surface area contributed by atoms with Crippen LogP contribution in [-0.4, -0.2) is 49.2 Å². The molecule has 0 aliphatic carbocycles. The Morgan fingerprint density at radius 2 is 1.68 bits per heavy atom. The Balaban J connectivity index is 1.77. The van der Waals surface area contributed by atoms with Gasteiger partial charge in [-0.25, -0.2) is 21.8 Å². The fraction of sp³-hybridized carbons (Fsp3) is 0.300. The van der Waals surface area contributed by atoms with Crippen molar-refractivity contribution < 1.29 is 16.8 Å². The third-order valence-corrected chi connectivity index (χ3v) is 8.18. The third kappa shape index (κ3) is 4.21. The van der Waals surface area contributed by atoms with Gasteiger partial charge in [-0.15, -0.1) is 0 Å². The topological polar surface area (TPSA) is 105 Å². The maximum absolute atomic E-state index is 13.5. The Morgan fingerprint density at radius 3 is 2.23 bits per heavy atom. The number of benzene rings is 2. The van der Waals surface area contributed by atoms with Crippen molar-refractivity contribution in [3.05, 3.63) is 65.7 Å². The van der Waals surface area contributed by atoms with Crippen LogP contribution in [-0.2, 0) is 46.5 Å². The van der Waals surface area contributed by atoms with Crippen LogP contribution in [0.15, 0.2) is 58.6 Å². The van der Waals surface area contributed by atoms with E-state index in [2.05, 4.69) is 10.1 Å². The second-order valence-corrected chi connectivity index (χ2v) is 11.7. The van der Waals surface area contributed by atoms with Crippen molar-refractivity contribution in [1.29, 1.82) is 0 Å². The van der Waals surface area contributed by atoms with E-state index in [-0.39, 0.29) is 16.3 Å². The zero-order chi connectivity index (χ0) is 22.4. The number of aromatic nitrogens is 3. The van der Waals surface area contributed by atoms with Crippen LogP contribution >= 0.6 is 0 Å². The highest BCUT2D eigenvalue weighted by Crippen LogP contribution is 2.35. The summed E-state index contributed by atoms with van der Waals surface area (Å²) in [6.07, 6.45) is 2.55. The predicted octanol–water partition coefficient (Wildman–Crippen LogP) is 1.56. The molecule has 11 heteroatoms. The van der Waals surface area contributed by atoms with Crippen LogP contribution in [0.1, 0.15) is 17.0 Å². The van der Waals surface area contributed by atoms with Gasteiger partial charge >= 0.3 is 0 Å². The third-order valence-electron chi connectivity index (χ3n) is 5.24. The molecule has 3 aromatic rings. The largest absolute Gasteiger partial charge is 0.362 e. The molecule has 0 spiro atoms. The normalized spacial score (nSPS) is 14.3. The Kier molecular flexibility index (Phi) is 5.36. The first kappa shape index (κ1) is 21.5. The molecule has 0 fully saturated rings. The van der Waals surface area contributed by atoms with Gasteiger partial charge in [0.25, 0.3) is 0 Å². The van der Waals surface area contributed by atoms with Crippen LogP contribution in [0.25, 0.3) is 0 Å². The molecular weight excluding hydrogens is 438 g/mol. The van der Waals surface area contributed by atoms with Crippen LogP contribution in [0.3, 0.4) is 0 Å². The number of sulfonamides is 1. The van der Waals surface area contributed by atoms with Crippen molar-refractivity contribution >= 4 is 25.5 Å². The maximum Gasteiger partial charge on any atom is 0.245 e. The summed E-state index contributed by atoms with van der Waals surface area (Å²) in [5.41, 5.74) is 2.69. The minimum absolute atomic E-state index is 0.0358. The summed E-state index contributed by atoms with van der Waals surface area (Å²) in [6.45, 7) is 1.05.